The second kappa shape index (κ2) is 4.29. The summed E-state index contributed by atoms with van der Waals surface area (Å²) >= 11 is 3.00. The highest BCUT2D eigenvalue weighted by Gasteiger charge is 2.16. The van der Waals surface area contributed by atoms with Crippen LogP contribution in [0.25, 0.3) is 21.1 Å². The molecule has 3 rings (SSSR count). The lowest BCUT2D eigenvalue weighted by molar-refractivity contribution is 0.190. The van der Waals surface area contributed by atoms with Crippen molar-refractivity contribution in [2.24, 2.45) is 0 Å². The van der Waals surface area contributed by atoms with Gasteiger partial charge in [-0.3, -0.25) is 4.79 Å². The van der Waals surface area contributed by atoms with Crippen LogP contribution in [0.15, 0.2) is 33.4 Å². The average Bonchev–Trinajstić information content (AvgIpc) is 2.73. The molecule has 2 heterocycles. The van der Waals surface area contributed by atoms with Gasteiger partial charge < -0.3 is 4.84 Å². The van der Waals surface area contributed by atoms with E-state index >= 15 is 0 Å². The SMILES string of the molecule is COn1c2ccccc2c2sc(SC)nc(=O)c21. The summed E-state index contributed by atoms with van der Waals surface area (Å²) in [5.74, 6) is 0. The molecule has 6 heteroatoms. The van der Waals surface area contributed by atoms with Crippen molar-refractivity contribution in [2.75, 3.05) is 13.4 Å². The lowest BCUT2D eigenvalue weighted by Crippen LogP contribution is -2.14. The molecule has 0 aliphatic rings. The van der Waals surface area contributed by atoms with E-state index in [0.717, 1.165) is 19.9 Å². The average molecular weight is 278 g/mol. The Morgan fingerprint density at radius 1 is 1.39 bits per heavy atom. The second-order valence-corrected chi connectivity index (χ2v) is 5.71. The number of rotatable bonds is 2. The predicted molar refractivity (Wildman–Crippen MR) is 75.7 cm³/mol. The van der Waals surface area contributed by atoms with Crippen LogP contribution in [-0.4, -0.2) is 23.1 Å². The Balaban J connectivity index is 2.60. The highest BCUT2D eigenvalue weighted by atomic mass is 32.2. The normalized spacial score (nSPS) is 11.2. The van der Waals surface area contributed by atoms with Gasteiger partial charge in [0.05, 0.1) is 10.2 Å². The molecule has 0 radical (unpaired) electrons. The first-order valence-corrected chi connectivity index (χ1v) is 7.33. The predicted octanol–water partition coefficient (Wildman–Crippen LogP) is 2.39. The fourth-order valence-corrected chi connectivity index (χ4v) is 3.60. The van der Waals surface area contributed by atoms with Gasteiger partial charge in [0.1, 0.15) is 7.11 Å². The van der Waals surface area contributed by atoms with Gasteiger partial charge >= 0.3 is 0 Å². The van der Waals surface area contributed by atoms with E-state index in [1.54, 1.807) is 11.8 Å². The number of aromatic nitrogens is 2. The first kappa shape index (κ1) is 11.6. The Morgan fingerprint density at radius 3 is 2.89 bits per heavy atom. The van der Waals surface area contributed by atoms with Crippen molar-refractivity contribution in [1.29, 1.82) is 0 Å². The Labute approximate surface area is 111 Å². The molecule has 0 saturated heterocycles. The third-order valence-corrected chi connectivity index (χ3v) is 4.80. The summed E-state index contributed by atoms with van der Waals surface area (Å²) in [6.07, 6.45) is 1.92. The minimum absolute atomic E-state index is 0.244. The van der Waals surface area contributed by atoms with Crippen molar-refractivity contribution in [3.8, 4) is 0 Å². The zero-order chi connectivity index (χ0) is 12.7. The summed E-state index contributed by atoms with van der Waals surface area (Å²) < 4.78 is 3.25. The molecule has 0 atom stereocenters. The number of para-hydroxylation sites is 1. The summed E-state index contributed by atoms with van der Waals surface area (Å²) in [5, 5.41) is 1.02. The number of benzene rings is 1. The number of nitrogens with zero attached hydrogens (tertiary/aromatic N) is 2. The van der Waals surface area contributed by atoms with E-state index in [2.05, 4.69) is 4.98 Å². The van der Waals surface area contributed by atoms with Crippen LogP contribution in [0.1, 0.15) is 0 Å². The topological polar surface area (TPSA) is 44.1 Å². The van der Waals surface area contributed by atoms with E-state index in [0.29, 0.717) is 5.52 Å². The van der Waals surface area contributed by atoms with Crippen LogP contribution >= 0.6 is 23.1 Å². The molecular weight excluding hydrogens is 268 g/mol. The van der Waals surface area contributed by atoms with Crippen molar-refractivity contribution in [3.63, 3.8) is 0 Å². The Bertz CT molecular complexity index is 792. The molecule has 92 valence electrons. The summed E-state index contributed by atoms with van der Waals surface area (Å²) in [6.45, 7) is 0. The first-order chi connectivity index (χ1) is 8.76. The zero-order valence-electron chi connectivity index (χ0n) is 9.84. The van der Waals surface area contributed by atoms with E-state index in [1.807, 2.05) is 30.5 Å². The molecule has 18 heavy (non-hydrogen) atoms. The molecule has 0 saturated carbocycles. The maximum atomic E-state index is 12.1. The maximum absolute atomic E-state index is 12.1. The number of fused-ring (bicyclic) bond motifs is 3. The Hall–Kier alpha value is -1.53. The van der Waals surface area contributed by atoms with E-state index in [9.17, 15) is 4.79 Å². The molecule has 0 spiro atoms. The minimum Gasteiger partial charge on any atom is -0.416 e. The van der Waals surface area contributed by atoms with E-state index < -0.39 is 0 Å². The van der Waals surface area contributed by atoms with Crippen molar-refractivity contribution >= 4 is 44.2 Å². The van der Waals surface area contributed by atoms with Crippen LogP contribution < -0.4 is 10.4 Å². The van der Waals surface area contributed by atoms with Gasteiger partial charge in [0, 0.05) is 5.39 Å². The molecule has 0 aliphatic carbocycles. The number of hydrogen-bond acceptors (Lipinski definition) is 5. The summed E-state index contributed by atoms with van der Waals surface area (Å²) in [5.41, 5.74) is 1.16. The van der Waals surface area contributed by atoms with Gasteiger partial charge in [-0.05, 0) is 12.3 Å². The highest BCUT2D eigenvalue weighted by Crippen LogP contribution is 2.31. The van der Waals surface area contributed by atoms with Gasteiger partial charge in [-0.2, -0.15) is 9.71 Å². The molecule has 0 amide bonds. The van der Waals surface area contributed by atoms with E-state index in [4.69, 9.17) is 4.84 Å². The molecule has 3 aromatic rings. The molecule has 4 nitrogen and oxygen atoms in total. The molecular formula is C12H10N2O2S2. The molecule has 0 fully saturated rings. The minimum atomic E-state index is -0.244. The largest absolute Gasteiger partial charge is 0.416 e. The number of hydrogen-bond donors (Lipinski definition) is 0. The summed E-state index contributed by atoms with van der Waals surface area (Å²) in [4.78, 5) is 21.4. The molecule has 0 unspecified atom stereocenters. The lowest BCUT2D eigenvalue weighted by atomic mass is 10.2. The maximum Gasteiger partial charge on any atom is 0.300 e. The van der Waals surface area contributed by atoms with E-state index in [-0.39, 0.29) is 5.56 Å². The molecule has 0 N–H and O–H groups in total. The van der Waals surface area contributed by atoms with Gasteiger partial charge in [0.15, 0.2) is 9.86 Å². The Morgan fingerprint density at radius 2 is 2.17 bits per heavy atom. The quantitative estimate of drug-likeness (QED) is 0.675. The van der Waals surface area contributed by atoms with Crippen molar-refractivity contribution in [2.45, 2.75) is 4.34 Å². The van der Waals surface area contributed by atoms with Crippen LogP contribution in [0.3, 0.4) is 0 Å². The van der Waals surface area contributed by atoms with Crippen molar-refractivity contribution in [3.05, 3.63) is 34.6 Å². The highest BCUT2D eigenvalue weighted by molar-refractivity contribution is 8.00. The third kappa shape index (κ3) is 1.53. The van der Waals surface area contributed by atoms with Crippen LogP contribution in [-0.2, 0) is 0 Å². The molecule has 1 aromatic carbocycles. The number of thioether (sulfide) groups is 1. The summed E-state index contributed by atoms with van der Waals surface area (Å²) in [6, 6.07) is 7.81. The van der Waals surface area contributed by atoms with Crippen molar-refractivity contribution < 1.29 is 4.84 Å². The van der Waals surface area contributed by atoms with Gasteiger partial charge in [0.2, 0.25) is 0 Å². The fourth-order valence-electron chi connectivity index (χ4n) is 1.99. The van der Waals surface area contributed by atoms with Crippen LogP contribution in [0, 0.1) is 0 Å². The second-order valence-electron chi connectivity index (χ2n) is 3.66. The third-order valence-electron chi connectivity index (χ3n) is 2.73. The van der Waals surface area contributed by atoms with Gasteiger partial charge in [-0.25, -0.2) is 0 Å². The Kier molecular flexibility index (Phi) is 2.76. The monoisotopic (exact) mass is 278 g/mol. The van der Waals surface area contributed by atoms with Crippen LogP contribution in [0.5, 0.6) is 0 Å². The first-order valence-electron chi connectivity index (χ1n) is 5.29. The molecule has 0 bridgehead atoms. The van der Waals surface area contributed by atoms with E-state index in [1.165, 1.54) is 23.1 Å². The molecule has 2 aromatic heterocycles. The summed E-state index contributed by atoms with van der Waals surface area (Å²) in [7, 11) is 1.55. The van der Waals surface area contributed by atoms with Gasteiger partial charge in [-0.15, -0.1) is 11.3 Å². The fraction of sp³-hybridized carbons (Fsp3) is 0.167. The molecule has 0 aliphatic heterocycles. The standard InChI is InChI=1S/C12H10N2O2S2/c1-16-14-8-6-4-3-5-7(8)10-9(14)11(15)13-12(17-2)18-10/h3-6H,1-2H3. The van der Waals surface area contributed by atoms with Crippen molar-refractivity contribution in [1.82, 2.24) is 9.71 Å². The van der Waals surface area contributed by atoms with Gasteiger partial charge in [0.25, 0.3) is 5.56 Å². The smallest absolute Gasteiger partial charge is 0.300 e. The van der Waals surface area contributed by atoms with Crippen LogP contribution in [0.2, 0.25) is 0 Å². The zero-order valence-corrected chi connectivity index (χ0v) is 11.5. The van der Waals surface area contributed by atoms with Gasteiger partial charge in [-0.1, -0.05) is 30.0 Å². The lowest BCUT2D eigenvalue weighted by Gasteiger charge is -2.02. The van der Waals surface area contributed by atoms with Crippen LogP contribution in [0.4, 0.5) is 0 Å².